The summed E-state index contributed by atoms with van der Waals surface area (Å²) < 4.78 is 0. The third-order valence-corrected chi connectivity index (χ3v) is 7.49. The molecule has 2 aliphatic carbocycles. The fraction of sp³-hybridized carbons (Fsp3) is 0.833. The fourth-order valence-corrected chi connectivity index (χ4v) is 5.48. The minimum atomic E-state index is -0.912. The van der Waals surface area contributed by atoms with Gasteiger partial charge in [-0.15, -0.1) is 0 Å². The van der Waals surface area contributed by atoms with Crippen LogP contribution in [0.2, 0.25) is 0 Å². The van der Waals surface area contributed by atoms with Crippen molar-refractivity contribution < 1.29 is 24.3 Å². The zero-order valence-electron chi connectivity index (χ0n) is 19.8. The number of carbonyl (C=O) groups is 4. The van der Waals surface area contributed by atoms with Gasteiger partial charge < -0.3 is 26.0 Å². The summed E-state index contributed by atoms with van der Waals surface area (Å²) in [7, 11) is 0. The first-order valence-corrected chi connectivity index (χ1v) is 12.7. The van der Waals surface area contributed by atoms with Gasteiger partial charge in [0.25, 0.3) is 0 Å². The van der Waals surface area contributed by atoms with E-state index in [1.165, 1.54) is 19.3 Å². The molecule has 1 heterocycles. The molecule has 186 valence electrons. The Hall–Kier alpha value is -2.32. The van der Waals surface area contributed by atoms with Gasteiger partial charge in [-0.2, -0.15) is 0 Å². The van der Waals surface area contributed by atoms with Crippen LogP contribution in [0.25, 0.3) is 0 Å². The van der Waals surface area contributed by atoms with E-state index >= 15 is 0 Å². The standard InChI is InChI=1S/C24H40N4O5/c1-16-6-2-3-7-19(16)27-24(33)26-18-13-11-17(12-14-18)25-23(32)20-8-5-15-28(20)21(29)9-4-10-22(30)31/h16-20H,2-15H2,1H3,(H,25,32)(H,30,31)(H2,26,27,33)/t16?,17?,18?,19?,20-/m0/s1. The predicted octanol–water partition coefficient (Wildman–Crippen LogP) is 2.54. The molecule has 0 radical (unpaired) electrons. The number of carboxylic acids is 1. The average Bonchev–Trinajstić information content (AvgIpc) is 3.27. The van der Waals surface area contributed by atoms with E-state index in [0.29, 0.717) is 25.3 Å². The van der Waals surface area contributed by atoms with E-state index in [-0.39, 0.29) is 48.8 Å². The minimum absolute atomic E-state index is 0.0363. The number of carbonyl (C=O) groups excluding carboxylic acids is 3. The normalized spacial score (nSPS) is 29.8. The molecule has 3 aliphatic rings. The Morgan fingerprint density at radius 1 is 0.818 bits per heavy atom. The number of urea groups is 1. The van der Waals surface area contributed by atoms with Crippen molar-refractivity contribution in [2.45, 2.75) is 115 Å². The molecule has 1 saturated heterocycles. The Bertz CT molecular complexity index is 707. The first kappa shape index (κ1) is 25.3. The monoisotopic (exact) mass is 464 g/mol. The number of hydrogen-bond acceptors (Lipinski definition) is 4. The lowest BCUT2D eigenvalue weighted by molar-refractivity contribution is -0.140. The Morgan fingerprint density at radius 2 is 1.48 bits per heavy atom. The quantitative estimate of drug-likeness (QED) is 0.439. The Balaban J connectivity index is 1.37. The van der Waals surface area contributed by atoms with Crippen LogP contribution in [-0.4, -0.2) is 64.5 Å². The maximum absolute atomic E-state index is 12.8. The second kappa shape index (κ2) is 12.2. The van der Waals surface area contributed by atoms with Gasteiger partial charge in [0.15, 0.2) is 0 Å². The van der Waals surface area contributed by atoms with Gasteiger partial charge >= 0.3 is 12.0 Å². The van der Waals surface area contributed by atoms with E-state index in [1.807, 2.05) is 0 Å². The highest BCUT2D eigenvalue weighted by molar-refractivity contribution is 5.88. The topological polar surface area (TPSA) is 128 Å². The Labute approximate surface area is 196 Å². The largest absolute Gasteiger partial charge is 0.481 e. The zero-order chi connectivity index (χ0) is 23.8. The smallest absolute Gasteiger partial charge is 0.315 e. The molecule has 0 bridgehead atoms. The molecule has 0 aromatic carbocycles. The van der Waals surface area contributed by atoms with Crippen LogP contribution in [0.5, 0.6) is 0 Å². The molecule has 0 spiro atoms. The number of aliphatic carboxylic acids is 1. The van der Waals surface area contributed by atoms with E-state index < -0.39 is 12.0 Å². The first-order chi connectivity index (χ1) is 15.8. The molecule has 33 heavy (non-hydrogen) atoms. The molecule has 3 rings (SSSR count). The van der Waals surface area contributed by atoms with Crippen molar-refractivity contribution in [2.75, 3.05) is 6.54 Å². The number of rotatable bonds is 8. The number of nitrogens with one attached hydrogen (secondary N) is 3. The highest BCUT2D eigenvalue weighted by atomic mass is 16.4. The van der Waals surface area contributed by atoms with Gasteiger partial charge in [0.1, 0.15) is 6.04 Å². The van der Waals surface area contributed by atoms with Gasteiger partial charge in [0.2, 0.25) is 11.8 Å². The van der Waals surface area contributed by atoms with E-state index in [9.17, 15) is 19.2 Å². The fourth-order valence-electron chi connectivity index (χ4n) is 5.48. The molecular formula is C24H40N4O5. The average molecular weight is 465 g/mol. The van der Waals surface area contributed by atoms with Crippen LogP contribution >= 0.6 is 0 Å². The van der Waals surface area contributed by atoms with Crippen LogP contribution in [0.3, 0.4) is 0 Å². The summed E-state index contributed by atoms with van der Waals surface area (Å²) >= 11 is 0. The van der Waals surface area contributed by atoms with E-state index in [4.69, 9.17) is 5.11 Å². The first-order valence-electron chi connectivity index (χ1n) is 12.7. The summed E-state index contributed by atoms with van der Waals surface area (Å²) in [4.78, 5) is 50.0. The van der Waals surface area contributed by atoms with Crippen molar-refractivity contribution in [3.05, 3.63) is 0 Å². The van der Waals surface area contributed by atoms with Crippen LogP contribution in [-0.2, 0) is 14.4 Å². The summed E-state index contributed by atoms with van der Waals surface area (Å²) in [5.41, 5.74) is 0. The SMILES string of the molecule is CC1CCCCC1NC(=O)NC1CCC(NC(=O)[C@@H]2CCCN2C(=O)CCCC(=O)O)CC1. The van der Waals surface area contributed by atoms with Gasteiger partial charge in [0.05, 0.1) is 0 Å². The van der Waals surface area contributed by atoms with Crippen molar-refractivity contribution in [2.24, 2.45) is 5.92 Å². The number of nitrogens with zero attached hydrogens (tertiary/aromatic N) is 1. The lowest BCUT2D eigenvalue weighted by Gasteiger charge is -2.33. The molecule has 2 unspecified atom stereocenters. The van der Waals surface area contributed by atoms with E-state index in [0.717, 1.165) is 38.5 Å². The lowest BCUT2D eigenvalue weighted by Crippen LogP contribution is -2.52. The zero-order valence-corrected chi connectivity index (χ0v) is 19.8. The van der Waals surface area contributed by atoms with Crippen LogP contribution < -0.4 is 16.0 Å². The molecule has 0 aromatic rings. The molecule has 4 N–H and O–H groups in total. The van der Waals surface area contributed by atoms with Gasteiger partial charge in [-0.05, 0) is 63.7 Å². The molecule has 9 nitrogen and oxygen atoms in total. The maximum atomic E-state index is 12.8. The van der Waals surface area contributed by atoms with Crippen molar-refractivity contribution in [1.29, 1.82) is 0 Å². The Kier molecular flexibility index (Phi) is 9.38. The summed E-state index contributed by atoms with van der Waals surface area (Å²) in [6.45, 7) is 2.75. The molecule has 9 heteroatoms. The Morgan fingerprint density at radius 3 is 2.15 bits per heavy atom. The minimum Gasteiger partial charge on any atom is -0.481 e. The number of hydrogen-bond donors (Lipinski definition) is 4. The number of amides is 4. The van der Waals surface area contributed by atoms with Crippen LogP contribution in [0.15, 0.2) is 0 Å². The third kappa shape index (κ3) is 7.61. The van der Waals surface area contributed by atoms with Crippen molar-refractivity contribution in [3.63, 3.8) is 0 Å². The molecule has 2 saturated carbocycles. The van der Waals surface area contributed by atoms with Gasteiger partial charge in [-0.1, -0.05) is 19.8 Å². The molecular weight excluding hydrogens is 424 g/mol. The van der Waals surface area contributed by atoms with E-state index in [1.54, 1.807) is 4.90 Å². The highest BCUT2D eigenvalue weighted by Crippen LogP contribution is 2.25. The third-order valence-electron chi connectivity index (χ3n) is 7.49. The molecule has 0 aromatic heterocycles. The predicted molar refractivity (Wildman–Crippen MR) is 123 cm³/mol. The molecule has 4 amide bonds. The van der Waals surface area contributed by atoms with Crippen LogP contribution in [0, 0.1) is 5.92 Å². The van der Waals surface area contributed by atoms with Gasteiger partial charge in [0, 0.05) is 37.5 Å². The highest BCUT2D eigenvalue weighted by Gasteiger charge is 2.35. The summed E-state index contributed by atoms with van der Waals surface area (Å²) in [5.74, 6) is -0.640. The molecule has 1 aliphatic heterocycles. The lowest BCUT2D eigenvalue weighted by atomic mass is 9.86. The van der Waals surface area contributed by atoms with Crippen molar-refractivity contribution in [3.8, 4) is 0 Å². The maximum Gasteiger partial charge on any atom is 0.315 e. The van der Waals surface area contributed by atoms with Crippen molar-refractivity contribution in [1.82, 2.24) is 20.9 Å². The summed E-state index contributed by atoms with van der Waals surface area (Å²) in [5, 5.41) is 18.1. The van der Waals surface area contributed by atoms with Gasteiger partial charge in [-0.3, -0.25) is 14.4 Å². The number of likely N-dealkylation sites (tertiary alicyclic amines) is 1. The number of carboxylic acid groups (broad SMARTS) is 1. The molecule has 3 atom stereocenters. The van der Waals surface area contributed by atoms with Crippen LogP contribution in [0.4, 0.5) is 4.79 Å². The van der Waals surface area contributed by atoms with Gasteiger partial charge in [-0.25, -0.2) is 4.79 Å². The second-order valence-corrected chi connectivity index (χ2v) is 10.0. The molecule has 3 fully saturated rings. The second-order valence-electron chi connectivity index (χ2n) is 10.0. The van der Waals surface area contributed by atoms with E-state index in [2.05, 4.69) is 22.9 Å². The van der Waals surface area contributed by atoms with Crippen LogP contribution in [0.1, 0.15) is 90.4 Å². The summed E-state index contributed by atoms with van der Waals surface area (Å²) in [6.07, 6.45) is 9.73. The summed E-state index contributed by atoms with van der Waals surface area (Å²) in [6, 6.07) is -0.0985. The van der Waals surface area contributed by atoms with Crippen molar-refractivity contribution >= 4 is 23.8 Å².